The van der Waals surface area contributed by atoms with E-state index in [0.717, 1.165) is 16.6 Å². The maximum absolute atomic E-state index is 5.97. The van der Waals surface area contributed by atoms with Gasteiger partial charge in [0, 0.05) is 25.2 Å². The van der Waals surface area contributed by atoms with Crippen molar-refractivity contribution in [1.82, 2.24) is 15.1 Å². The van der Waals surface area contributed by atoms with E-state index >= 15 is 0 Å². The monoisotopic (exact) mass is 254 g/mol. The van der Waals surface area contributed by atoms with Gasteiger partial charge >= 0.3 is 0 Å². The molecule has 1 aromatic heterocycles. The highest BCUT2D eigenvalue weighted by Crippen LogP contribution is 2.24. The number of anilines is 1. The zero-order valence-electron chi connectivity index (χ0n) is 8.91. The highest BCUT2D eigenvalue weighted by atomic mass is 35.5. The zero-order chi connectivity index (χ0) is 11.7. The van der Waals surface area contributed by atoms with Crippen molar-refractivity contribution < 1.29 is 0 Å². The lowest BCUT2D eigenvalue weighted by Crippen LogP contribution is -2.24. The number of hydrogen-bond acceptors (Lipinski definition) is 2. The van der Waals surface area contributed by atoms with E-state index in [1.807, 2.05) is 25.2 Å². The maximum Gasteiger partial charge on any atom is 0.170 e. The summed E-state index contributed by atoms with van der Waals surface area (Å²) in [4.78, 5) is 0. The first kappa shape index (κ1) is 11.2. The molecule has 0 saturated carbocycles. The molecule has 2 aromatic rings. The van der Waals surface area contributed by atoms with Gasteiger partial charge in [0.1, 0.15) is 0 Å². The third-order valence-corrected chi connectivity index (χ3v) is 2.88. The molecule has 0 spiro atoms. The average Bonchev–Trinajstić information content (AvgIpc) is 2.54. The van der Waals surface area contributed by atoms with Gasteiger partial charge < -0.3 is 10.6 Å². The van der Waals surface area contributed by atoms with Crippen molar-refractivity contribution in [3.63, 3.8) is 0 Å². The SMILES string of the molecule is CNC(=S)Nc1ccc2c(Cl)nn(C)c2c1. The molecular formula is C10H11ClN4S. The summed E-state index contributed by atoms with van der Waals surface area (Å²) in [5.41, 5.74) is 1.88. The minimum absolute atomic E-state index is 0.514. The zero-order valence-corrected chi connectivity index (χ0v) is 10.5. The van der Waals surface area contributed by atoms with Crippen molar-refractivity contribution in [3.8, 4) is 0 Å². The lowest BCUT2D eigenvalue weighted by atomic mass is 10.2. The highest BCUT2D eigenvalue weighted by Gasteiger charge is 2.07. The van der Waals surface area contributed by atoms with Crippen molar-refractivity contribution in [1.29, 1.82) is 0 Å². The molecule has 0 amide bonds. The van der Waals surface area contributed by atoms with Crippen LogP contribution >= 0.6 is 23.8 Å². The fourth-order valence-corrected chi connectivity index (χ4v) is 1.88. The Kier molecular flexibility index (Phi) is 2.98. The lowest BCUT2D eigenvalue weighted by molar-refractivity contribution is 0.797. The number of thiocarbonyl (C=S) groups is 1. The minimum atomic E-state index is 0.514. The number of benzene rings is 1. The molecule has 84 valence electrons. The quantitative estimate of drug-likeness (QED) is 0.766. The standard InChI is InChI=1S/C10H11ClN4S/c1-12-10(16)13-6-3-4-7-8(5-6)15(2)14-9(7)11/h3-5H,1-2H3,(H2,12,13,16). The normalized spacial score (nSPS) is 10.4. The number of nitrogens with one attached hydrogen (secondary N) is 2. The van der Waals surface area contributed by atoms with Gasteiger partial charge in [-0.3, -0.25) is 4.68 Å². The molecule has 1 heterocycles. The molecule has 0 aliphatic carbocycles. The van der Waals surface area contributed by atoms with E-state index in [-0.39, 0.29) is 0 Å². The van der Waals surface area contributed by atoms with Crippen molar-refractivity contribution >= 4 is 45.5 Å². The van der Waals surface area contributed by atoms with Crippen LogP contribution in [0.1, 0.15) is 0 Å². The summed E-state index contributed by atoms with van der Waals surface area (Å²) in [5.74, 6) is 0. The second-order valence-corrected chi connectivity index (χ2v) is 4.12. The Balaban J connectivity index is 2.43. The van der Waals surface area contributed by atoms with Crippen molar-refractivity contribution in [2.24, 2.45) is 7.05 Å². The van der Waals surface area contributed by atoms with Gasteiger partial charge in [0.15, 0.2) is 10.3 Å². The molecule has 0 fully saturated rings. The van der Waals surface area contributed by atoms with Gasteiger partial charge in [0.05, 0.1) is 5.52 Å². The molecule has 4 nitrogen and oxygen atoms in total. The van der Waals surface area contributed by atoms with E-state index < -0.39 is 0 Å². The Morgan fingerprint density at radius 1 is 1.50 bits per heavy atom. The van der Waals surface area contributed by atoms with Crippen molar-refractivity contribution in [2.45, 2.75) is 0 Å². The predicted octanol–water partition coefficient (Wildman–Crippen LogP) is 2.14. The number of halogens is 1. The van der Waals surface area contributed by atoms with Crippen LogP contribution in [0.3, 0.4) is 0 Å². The van der Waals surface area contributed by atoms with Crippen LogP contribution in [-0.4, -0.2) is 21.9 Å². The van der Waals surface area contributed by atoms with Gasteiger partial charge in [0.2, 0.25) is 0 Å². The Bertz CT molecular complexity index is 549. The minimum Gasteiger partial charge on any atom is -0.366 e. The largest absolute Gasteiger partial charge is 0.366 e. The number of aryl methyl sites for hydroxylation is 1. The Morgan fingerprint density at radius 3 is 2.94 bits per heavy atom. The van der Waals surface area contributed by atoms with Crippen LogP contribution in [-0.2, 0) is 7.05 Å². The molecular weight excluding hydrogens is 244 g/mol. The Hall–Kier alpha value is -1.33. The summed E-state index contributed by atoms with van der Waals surface area (Å²) in [6.45, 7) is 0. The van der Waals surface area contributed by atoms with Crippen LogP contribution in [0, 0.1) is 0 Å². The molecule has 2 rings (SSSR count). The molecule has 0 saturated heterocycles. The number of fused-ring (bicyclic) bond motifs is 1. The number of aromatic nitrogens is 2. The van der Waals surface area contributed by atoms with E-state index in [2.05, 4.69) is 15.7 Å². The molecule has 0 bridgehead atoms. The first-order valence-electron chi connectivity index (χ1n) is 4.73. The average molecular weight is 255 g/mol. The molecule has 0 aliphatic heterocycles. The van der Waals surface area contributed by atoms with Crippen LogP contribution in [0.4, 0.5) is 5.69 Å². The summed E-state index contributed by atoms with van der Waals surface area (Å²) in [6.07, 6.45) is 0. The topological polar surface area (TPSA) is 41.9 Å². The van der Waals surface area contributed by atoms with Gasteiger partial charge in [-0.1, -0.05) is 11.6 Å². The molecule has 6 heteroatoms. The smallest absolute Gasteiger partial charge is 0.170 e. The molecule has 0 unspecified atom stereocenters. The molecule has 1 aromatic carbocycles. The third-order valence-electron chi connectivity index (χ3n) is 2.29. The van der Waals surface area contributed by atoms with E-state index in [9.17, 15) is 0 Å². The fourth-order valence-electron chi connectivity index (χ4n) is 1.48. The Labute approximate surface area is 104 Å². The third kappa shape index (κ3) is 1.96. The van der Waals surface area contributed by atoms with Crippen molar-refractivity contribution in [2.75, 3.05) is 12.4 Å². The highest BCUT2D eigenvalue weighted by molar-refractivity contribution is 7.80. The molecule has 0 aliphatic rings. The van der Waals surface area contributed by atoms with Gasteiger partial charge in [-0.15, -0.1) is 0 Å². The van der Waals surface area contributed by atoms with Crippen LogP contribution in [0.5, 0.6) is 0 Å². The number of hydrogen-bond donors (Lipinski definition) is 2. The first-order chi connectivity index (χ1) is 7.61. The molecule has 0 radical (unpaired) electrons. The van der Waals surface area contributed by atoms with Crippen LogP contribution < -0.4 is 10.6 Å². The van der Waals surface area contributed by atoms with E-state index in [0.29, 0.717) is 10.3 Å². The molecule has 0 atom stereocenters. The molecule has 16 heavy (non-hydrogen) atoms. The number of nitrogens with zero attached hydrogens (tertiary/aromatic N) is 2. The summed E-state index contributed by atoms with van der Waals surface area (Å²) < 4.78 is 1.74. The fraction of sp³-hybridized carbons (Fsp3) is 0.200. The van der Waals surface area contributed by atoms with Crippen molar-refractivity contribution in [3.05, 3.63) is 23.4 Å². The Morgan fingerprint density at radius 2 is 2.25 bits per heavy atom. The van der Waals surface area contributed by atoms with Crippen LogP contribution in [0.2, 0.25) is 5.15 Å². The van der Waals surface area contributed by atoms with Gasteiger partial charge in [-0.2, -0.15) is 5.10 Å². The lowest BCUT2D eigenvalue weighted by Gasteiger charge is -2.06. The van der Waals surface area contributed by atoms with Gasteiger partial charge in [-0.05, 0) is 30.4 Å². The summed E-state index contributed by atoms with van der Waals surface area (Å²) >= 11 is 11.0. The van der Waals surface area contributed by atoms with Gasteiger partial charge in [0.25, 0.3) is 0 Å². The summed E-state index contributed by atoms with van der Waals surface area (Å²) in [6, 6.07) is 5.79. The van der Waals surface area contributed by atoms with E-state index in [1.165, 1.54) is 0 Å². The van der Waals surface area contributed by atoms with Crippen LogP contribution in [0.25, 0.3) is 10.9 Å². The van der Waals surface area contributed by atoms with Gasteiger partial charge in [-0.25, -0.2) is 0 Å². The van der Waals surface area contributed by atoms with E-state index in [4.69, 9.17) is 23.8 Å². The molecule has 2 N–H and O–H groups in total. The number of rotatable bonds is 1. The summed E-state index contributed by atoms with van der Waals surface area (Å²) in [7, 11) is 3.63. The first-order valence-corrected chi connectivity index (χ1v) is 5.51. The van der Waals surface area contributed by atoms with Crippen LogP contribution in [0.15, 0.2) is 18.2 Å². The predicted molar refractivity (Wildman–Crippen MR) is 71.0 cm³/mol. The second-order valence-electron chi connectivity index (χ2n) is 3.35. The summed E-state index contributed by atoms with van der Waals surface area (Å²) in [5, 5.41) is 12.1. The van der Waals surface area contributed by atoms with E-state index in [1.54, 1.807) is 11.7 Å². The maximum atomic E-state index is 5.97. The second kappa shape index (κ2) is 4.27.